The first kappa shape index (κ1) is 15.0. The minimum atomic E-state index is -0.592. The van der Waals surface area contributed by atoms with E-state index in [0.717, 1.165) is 0 Å². The third-order valence-electron chi connectivity index (χ3n) is 2.90. The Morgan fingerprint density at radius 2 is 1.89 bits per heavy atom. The Kier molecular flexibility index (Phi) is 5.36. The summed E-state index contributed by atoms with van der Waals surface area (Å²) >= 11 is 0. The summed E-state index contributed by atoms with van der Waals surface area (Å²) in [7, 11) is 0. The molecule has 0 aromatic heterocycles. The molecule has 1 aromatic rings. The molecule has 0 aliphatic carbocycles. The van der Waals surface area contributed by atoms with E-state index in [4.69, 9.17) is 10.5 Å². The number of nitrogens with one attached hydrogen (secondary N) is 1. The minimum absolute atomic E-state index is 0.0352. The van der Waals surface area contributed by atoms with Crippen molar-refractivity contribution < 1.29 is 14.3 Å². The fourth-order valence-corrected chi connectivity index (χ4v) is 1.35. The van der Waals surface area contributed by atoms with Crippen molar-refractivity contribution in [2.75, 3.05) is 12.3 Å². The maximum atomic E-state index is 11.7. The Labute approximate surface area is 113 Å². The molecule has 5 heteroatoms. The summed E-state index contributed by atoms with van der Waals surface area (Å²) < 4.78 is 4.92. The summed E-state index contributed by atoms with van der Waals surface area (Å²) in [6, 6.07) is 6.62. The van der Waals surface area contributed by atoms with E-state index >= 15 is 0 Å². The van der Waals surface area contributed by atoms with Crippen LogP contribution in [0.2, 0.25) is 0 Å². The Hall–Kier alpha value is -2.04. The van der Waals surface area contributed by atoms with Crippen LogP contribution in [0.3, 0.4) is 0 Å². The van der Waals surface area contributed by atoms with Crippen LogP contribution in [0, 0.1) is 5.92 Å². The van der Waals surface area contributed by atoms with Gasteiger partial charge in [-0.05, 0) is 25.0 Å². The number of para-hydroxylation sites is 1. The number of carbonyl (C=O) groups is 2. The van der Waals surface area contributed by atoms with Gasteiger partial charge in [0.25, 0.3) is 5.91 Å². The predicted molar refractivity (Wildman–Crippen MR) is 73.6 cm³/mol. The van der Waals surface area contributed by atoms with Crippen LogP contribution < -0.4 is 11.1 Å². The van der Waals surface area contributed by atoms with Gasteiger partial charge in [-0.1, -0.05) is 26.0 Å². The molecule has 0 bridgehead atoms. The molecule has 0 saturated carbocycles. The first-order valence-corrected chi connectivity index (χ1v) is 6.22. The fraction of sp³-hybridized carbons (Fsp3) is 0.429. The number of ether oxygens (including phenoxy) is 1. The number of benzene rings is 1. The highest BCUT2D eigenvalue weighted by atomic mass is 16.5. The van der Waals surface area contributed by atoms with E-state index in [2.05, 4.69) is 5.32 Å². The van der Waals surface area contributed by atoms with Crippen molar-refractivity contribution in [2.45, 2.75) is 26.8 Å². The summed E-state index contributed by atoms with van der Waals surface area (Å²) in [6.45, 7) is 5.60. The highest BCUT2D eigenvalue weighted by molar-refractivity contribution is 5.96. The summed E-state index contributed by atoms with van der Waals surface area (Å²) in [6.07, 6.45) is 0. The van der Waals surface area contributed by atoms with Crippen molar-refractivity contribution in [3.63, 3.8) is 0 Å². The molecule has 0 aliphatic rings. The number of carbonyl (C=O) groups excluding carboxylic acids is 2. The number of hydrogen-bond donors (Lipinski definition) is 2. The van der Waals surface area contributed by atoms with Crippen molar-refractivity contribution in [3.8, 4) is 0 Å². The molecule has 0 heterocycles. The molecule has 1 aromatic carbocycles. The van der Waals surface area contributed by atoms with Crippen LogP contribution in [0.25, 0.3) is 0 Å². The van der Waals surface area contributed by atoms with E-state index in [0.29, 0.717) is 11.6 Å². The molecular weight excluding hydrogens is 244 g/mol. The van der Waals surface area contributed by atoms with Gasteiger partial charge in [-0.3, -0.25) is 4.79 Å². The third kappa shape index (κ3) is 4.62. The summed E-state index contributed by atoms with van der Waals surface area (Å²) in [4.78, 5) is 23.3. The lowest BCUT2D eigenvalue weighted by atomic mass is 10.1. The van der Waals surface area contributed by atoms with Crippen LogP contribution in [-0.2, 0) is 9.53 Å². The second-order valence-electron chi connectivity index (χ2n) is 4.76. The molecular formula is C14H20N2O3. The van der Waals surface area contributed by atoms with Crippen LogP contribution in [-0.4, -0.2) is 24.5 Å². The van der Waals surface area contributed by atoms with Gasteiger partial charge in [-0.25, -0.2) is 4.79 Å². The van der Waals surface area contributed by atoms with Gasteiger partial charge in [0.1, 0.15) is 0 Å². The number of rotatable bonds is 5. The van der Waals surface area contributed by atoms with Crippen molar-refractivity contribution in [1.29, 1.82) is 0 Å². The molecule has 0 saturated heterocycles. The van der Waals surface area contributed by atoms with E-state index < -0.39 is 5.97 Å². The van der Waals surface area contributed by atoms with Gasteiger partial charge in [-0.15, -0.1) is 0 Å². The largest absolute Gasteiger partial charge is 0.452 e. The number of esters is 1. The SMILES string of the molecule is CC(C)C(C)NC(=O)COC(=O)c1ccccc1N. The van der Waals surface area contributed by atoms with Crippen LogP contribution in [0.1, 0.15) is 31.1 Å². The molecule has 0 radical (unpaired) electrons. The van der Waals surface area contributed by atoms with Gasteiger partial charge in [0.15, 0.2) is 6.61 Å². The van der Waals surface area contributed by atoms with Gasteiger partial charge in [0.05, 0.1) is 5.56 Å². The first-order chi connectivity index (χ1) is 8.91. The Morgan fingerprint density at radius 1 is 1.26 bits per heavy atom. The summed E-state index contributed by atoms with van der Waals surface area (Å²) in [5.74, 6) is -0.584. The lowest BCUT2D eigenvalue weighted by Gasteiger charge is -2.17. The zero-order valence-corrected chi connectivity index (χ0v) is 11.5. The van der Waals surface area contributed by atoms with Gasteiger partial charge >= 0.3 is 5.97 Å². The van der Waals surface area contributed by atoms with Gasteiger partial charge in [0, 0.05) is 11.7 Å². The van der Waals surface area contributed by atoms with Crippen molar-refractivity contribution in [2.24, 2.45) is 5.92 Å². The molecule has 5 nitrogen and oxygen atoms in total. The summed E-state index contributed by atoms with van der Waals surface area (Å²) in [5.41, 5.74) is 6.25. The van der Waals surface area contributed by atoms with Gasteiger partial charge in [-0.2, -0.15) is 0 Å². The van der Waals surface area contributed by atoms with E-state index in [9.17, 15) is 9.59 Å². The third-order valence-corrected chi connectivity index (χ3v) is 2.90. The maximum absolute atomic E-state index is 11.7. The van der Waals surface area contributed by atoms with Crippen LogP contribution in [0.15, 0.2) is 24.3 Å². The van der Waals surface area contributed by atoms with E-state index in [1.165, 1.54) is 0 Å². The van der Waals surface area contributed by atoms with Crippen LogP contribution in [0.5, 0.6) is 0 Å². The Bertz CT molecular complexity index is 458. The summed E-state index contributed by atoms with van der Waals surface area (Å²) in [5, 5.41) is 2.75. The normalized spacial score (nSPS) is 12.0. The lowest BCUT2D eigenvalue weighted by molar-refractivity contribution is -0.125. The smallest absolute Gasteiger partial charge is 0.340 e. The molecule has 0 aliphatic heterocycles. The highest BCUT2D eigenvalue weighted by Gasteiger charge is 2.14. The highest BCUT2D eigenvalue weighted by Crippen LogP contribution is 2.11. The van der Waals surface area contributed by atoms with E-state index in [-0.39, 0.29) is 24.1 Å². The molecule has 0 fully saturated rings. The average molecular weight is 264 g/mol. The standard InChI is InChI=1S/C14H20N2O3/c1-9(2)10(3)16-13(17)8-19-14(18)11-6-4-5-7-12(11)15/h4-7,9-10H,8,15H2,1-3H3,(H,16,17). The Balaban J connectivity index is 2.47. The molecule has 1 amide bonds. The number of nitrogen functional groups attached to an aromatic ring is 1. The van der Waals surface area contributed by atoms with E-state index in [1.807, 2.05) is 20.8 Å². The minimum Gasteiger partial charge on any atom is -0.452 e. The van der Waals surface area contributed by atoms with Gasteiger partial charge in [0.2, 0.25) is 0 Å². The van der Waals surface area contributed by atoms with Gasteiger partial charge < -0.3 is 15.8 Å². The first-order valence-electron chi connectivity index (χ1n) is 6.22. The molecule has 0 spiro atoms. The number of nitrogens with two attached hydrogens (primary N) is 1. The fourth-order valence-electron chi connectivity index (χ4n) is 1.35. The quantitative estimate of drug-likeness (QED) is 0.625. The van der Waals surface area contributed by atoms with Crippen LogP contribution >= 0.6 is 0 Å². The number of anilines is 1. The monoisotopic (exact) mass is 264 g/mol. The van der Waals surface area contributed by atoms with Crippen molar-refractivity contribution in [1.82, 2.24) is 5.32 Å². The molecule has 3 N–H and O–H groups in total. The zero-order valence-electron chi connectivity index (χ0n) is 11.5. The second kappa shape index (κ2) is 6.78. The Morgan fingerprint density at radius 3 is 2.47 bits per heavy atom. The predicted octanol–water partition coefficient (Wildman–Crippen LogP) is 1.59. The molecule has 19 heavy (non-hydrogen) atoms. The number of hydrogen-bond acceptors (Lipinski definition) is 4. The molecule has 1 atom stereocenters. The second-order valence-corrected chi connectivity index (χ2v) is 4.76. The average Bonchev–Trinajstić information content (AvgIpc) is 2.36. The zero-order chi connectivity index (χ0) is 14.4. The molecule has 104 valence electrons. The lowest BCUT2D eigenvalue weighted by Crippen LogP contribution is -2.38. The van der Waals surface area contributed by atoms with Crippen molar-refractivity contribution >= 4 is 17.6 Å². The van der Waals surface area contributed by atoms with E-state index in [1.54, 1.807) is 24.3 Å². The molecule has 1 rings (SSSR count). The number of amides is 1. The maximum Gasteiger partial charge on any atom is 0.340 e. The van der Waals surface area contributed by atoms with Crippen LogP contribution in [0.4, 0.5) is 5.69 Å². The topological polar surface area (TPSA) is 81.4 Å². The van der Waals surface area contributed by atoms with Crippen molar-refractivity contribution in [3.05, 3.63) is 29.8 Å². The molecule has 1 unspecified atom stereocenters.